The van der Waals surface area contributed by atoms with Crippen molar-refractivity contribution in [2.75, 3.05) is 38.3 Å². The molecule has 88 valence electrons. The van der Waals surface area contributed by atoms with Gasteiger partial charge in [0.15, 0.2) is 0 Å². The molecule has 0 bridgehead atoms. The number of halogens is 1. The highest BCUT2D eigenvalue weighted by atomic mass is 79.9. The van der Waals surface area contributed by atoms with E-state index in [-0.39, 0.29) is 0 Å². The molecule has 1 aliphatic rings. The van der Waals surface area contributed by atoms with Crippen molar-refractivity contribution >= 4 is 21.9 Å². The summed E-state index contributed by atoms with van der Waals surface area (Å²) in [5.41, 5.74) is 0.883. The first-order valence-corrected chi connectivity index (χ1v) is 5.92. The highest BCUT2D eigenvalue weighted by Gasteiger charge is 2.17. The van der Waals surface area contributed by atoms with Crippen LogP contribution in [-0.4, -0.2) is 43.4 Å². The van der Waals surface area contributed by atoms with Crippen molar-refractivity contribution in [3.63, 3.8) is 0 Å². The van der Waals surface area contributed by atoms with Crippen molar-refractivity contribution in [1.82, 2.24) is 9.97 Å². The molecular weight excluding hydrogens is 274 g/mol. The molecule has 2 heterocycles. The van der Waals surface area contributed by atoms with E-state index in [1.807, 2.05) is 6.92 Å². The van der Waals surface area contributed by atoms with Crippen LogP contribution in [0.15, 0.2) is 4.47 Å². The minimum Gasteiger partial charge on any atom is -0.480 e. The molecule has 0 atom stereocenters. The second-order valence-electron chi connectivity index (χ2n) is 3.53. The van der Waals surface area contributed by atoms with E-state index in [9.17, 15) is 0 Å². The van der Waals surface area contributed by atoms with Crippen LogP contribution in [-0.2, 0) is 4.74 Å². The molecule has 0 N–H and O–H groups in total. The number of rotatable bonds is 2. The van der Waals surface area contributed by atoms with Crippen LogP contribution >= 0.6 is 15.9 Å². The van der Waals surface area contributed by atoms with Crippen molar-refractivity contribution in [1.29, 1.82) is 0 Å². The second kappa shape index (κ2) is 4.97. The lowest BCUT2D eigenvalue weighted by Crippen LogP contribution is -2.37. The first kappa shape index (κ1) is 11.6. The number of morpholine rings is 1. The maximum atomic E-state index is 5.29. The lowest BCUT2D eigenvalue weighted by atomic mass is 10.4. The van der Waals surface area contributed by atoms with Gasteiger partial charge in [0.1, 0.15) is 4.47 Å². The number of anilines is 1. The maximum Gasteiger partial charge on any atom is 0.232 e. The predicted octanol–water partition coefficient (Wildman–Crippen LogP) is 1.39. The van der Waals surface area contributed by atoms with Crippen molar-refractivity contribution in [3.05, 3.63) is 10.2 Å². The molecule has 0 amide bonds. The van der Waals surface area contributed by atoms with E-state index in [4.69, 9.17) is 9.47 Å². The fraction of sp³-hybridized carbons (Fsp3) is 0.600. The summed E-state index contributed by atoms with van der Waals surface area (Å²) in [7, 11) is 1.61. The third-order valence-corrected chi connectivity index (χ3v) is 3.37. The van der Waals surface area contributed by atoms with Gasteiger partial charge in [-0.3, -0.25) is 0 Å². The van der Waals surface area contributed by atoms with E-state index in [0.29, 0.717) is 11.8 Å². The fourth-order valence-corrected chi connectivity index (χ4v) is 1.90. The molecule has 1 saturated heterocycles. The van der Waals surface area contributed by atoms with Crippen molar-refractivity contribution in [2.45, 2.75) is 6.92 Å². The zero-order valence-electron chi connectivity index (χ0n) is 9.36. The van der Waals surface area contributed by atoms with Gasteiger partial charge in [-0.05, 0) is 22.9 Å². The number of hydrogen-bond acceptors (Lipinski definition) is 5. The Bertz CT molecular complexity index is 381. The lowest BCUT2D eigenvalue weighted by molar-refractivity contribution is 0.122. The third kappa shape index (κ3) is 2.27. The third-order valence-electron chi connectivity index (χ3n) is 2.46. The quantitative estimate of drug-likeness (QED) is 0.823. The Kier molecular flexibility index (Phi) is 3.60. The zero-order chi connectivity index (χ0) is 11.5. The molecule has 6 heteroatoms. The minimum atomic E-state index is 0.578. The number of methoxy groups -OCH3 is 1. The average Bonchev–Trinajstić information content (AvgIpc) is 2.33. The summed E-state index contributed by atoms with van der Waals surface area (Å²) in [4.78, 5) is 10.9. The largest absolute Gasteiger partial charge is 0.480 e. The summed E-state index contributed by atoms with van der Waals surface area (Å²) in [5, 5.41) is 0. The average molecular weight is 288 g/mol. The first-order valence-electron chi connectivity index (χ1n) is 5.13. The van der Waals surface area contributed by atoms with E-state index in [1.54, 1.807) is 7.11 Å². The molecule has 5 nitrogen and oxygen atoms in total. The van der Waals surface area contributed by atoms with E-state index in [0.717, 1.165) is 36.5 Å². The van der Waals surface area contributed by atoms with Gasteiger partial charge < -0.3 is 14.4 Å². The van der Waals surface area contributed by atoms with Gasteiger partial charge in [0.05, 0.1) is 26.0 Å². The molecule has 0 aliphatic carbocycles. The van der Waals surface area contributed by atoms with Gasteiger partial charge in [-0.25, -0.2) is 4.98 Å². The summed E-state index contributed by atoms with van der Waals surface area (Å²) in [6.07, 6.45) is 0. The van der Waals surface area contributed by atoms with Gasteiger partial charge in [0.25, 0.3) is 0 Å². The Morgan fingerprint density at radius 2 is 2.00 bits per heavy atom. The molecule has 0 radical (unpaired) electrons. The topological polar surface area (TPSA) is 47.5 Å². The first-order chi connectivity index (χ1) is 7.72. The van der Waals surface area contributed by atoms with Crippen molar-refractivity contribution in [2.24, 2.45) is 0 Å². The molecule has 1 aromatic heterocycles. The lowest BCUT2D eigenvalue weighted by Gasteiger charge is -2.27. The molecular formula is C10H14BrN3O2. The predicted molar refractivity (Wildman–Crippen MR) is 64.1 cm³/mol. The van der Waals surface area contributed by atoms with Gasteiger partial charge in [0, 0.05) is 13.1 Å². The van der Waals surface area contributed by atoms with Crippen LogP contribution in [0.2, 0.25) is 0 Å². The summed E-state index contributed by atoms with van der Waals surface area (Å²) < 4.78 is 11.3. The summed E-state index contributed by atoms with van der Waals surface area (Å²) in [6.45, 7) is 5.02. The van der Waals surface area contributed by atoms with Crippen LogP contribution in [0.4, 0.5) is 5.95 Å². The standard InChI is InChI=1S/C10H14BrN3O2/c1-7-8(11)9(15-2)13-10(12-7)14-3-5-16-6-4-14/h3-6H2,1-2H3. The molecule has 2 rings (SSSR count). The number of aryl methyl sites for hydroxylation is 1. The maximum absolute atomic E-state index is 5.29. The van der Waals surface area contributed by atoms with E-state index in [1.165, 1.54) is 0 Å². The Hall–Kier alpha value is -0.880. The van der Waals surface area contributed by atoms with Crippen molar-refractivity contribution < 1.29 is 9.47 Å². The molecule has 0 saturated carbocycles. The van der Waals surface area contributed by atoms with Gasteiger partial charge in [-0.15, -0.1) is 0 Å². The Labute approximate surface area is 103 Å². The summed E-state index contributed by atoms with van der Waals surface area (Å²) in [5.74, 6) is 1.29. The minimum absolute atomic E-state index is 0.578. The zero-order valence-corrected chi connectivity index (χ0v) is 11.0. The number of nitrogens with zero attached hydrogens (tertiary/aromatic N) is 3. The highest BCUT2D eigenvalue weighted by Crippen LogP contribution is 2.27. The van der Waals surface area contributed by atoms with Crippen LogP contribution in [0.25, 0.3) is 0 Å². The molecule has 16 heavy (non-hydrogen) atoms. The summed E-state index contributed by atoms with van der Waals surface area (Å²) in [6, 6.07) is 0. The SMILES string of the molecule is COc1nc(N2CCOCC2)nc(C)c1Br. The number of ether oxygens (including phenoxy) is 2. The van der Waals surface area contributed by atoms with Crippen molar-refractivity contribution in [3.8, 4) is 5.88 Å². The highest BCUT2D eigenvalue weighted by molar-refractivity contribution is 9.10. The molecule has 0 spiro atoms. The molecule has 1 fully saturated rings. The van der Waals surface area contributed by atoms with Gasteiger partial charge in [-0.1, -0.05) is 0 Å². The molecule has 1 aromatic rings. The van der Waals surface area contributed by atoms with Crippen LogP contribution in [0.3, 0.4) is 0 Å². The molecule has 0 unspecified atom stereocenters. The van der Waals surface area contributed by atoms with E-state index < -0.39 is 0 Å². The van der Waals surface area contributed by atoms with Crippen LogP contribution in [0, 0.1) is 6.92 Å². The van der Waals surface area contributed by atoms with Crippen LogP contribution in [0.5, 0.6) is 5.88 Å². The smallest absolute Gasteiger partial charge is 0.232 e. The molecule has 1 aliphatic heterocycles. The Morgan fingerprint density at radius 1 is 1.31 bits per heavy atom. The summed E-state index contributed by atoms with van der Waals surface area (Å²) >= 11 is 3.41. The number of hydrogen-bond donors (Lipinski definition) is 0. The van der Waals surface area contributed by atoms with E-state index >= 15 is 0 Å². The van der Waals surface area contributed by atoms with E-state index in [2.05, 4.69) is 30.8 Å². The normalized spacial score (nSPS) is 16.3. The van der Waals surface area contributed by atoms with Gasteiger partial charge in [0.2, 0.25) is 11.8 Å². The van der Waals surface area contributed by atoms with Gasteiger partial charge >= 0.3 is 0 Å². The fourth-order valence-electron chi connectivity index (χ4n) is 1.56. The Balaban J connectivity index is 2.29. The monoisotopic (exact) mass is 287 g/mol. The van der Waals surface area contributed by atoms with Crippen LogP contribution < -0.4 is 9.64 Å². The van der Waals surface area contributed by atoms with Gasteiger partial charge in [-0.2, -0.15) is 4.98 Å². The Morgan fingerprint density at radius 3 is 2.62 bits per heavy atom. The van der Waals surface area contributed by atoms with Crippen LogP contribution in [0.1, 0.15) is 5.69 Å². The molecule has 0 aromatic carbocycles. The second-order valence-corrected chi connectivity index (χ2v) is 4.32. The number of aromatic nitrogens is 2.